The molecule has 20 heavy (non-hydrogen) atoms. The molecule has 0 aliphatic heterocycles. The van der Waals surface area contributed by atoms with Gasteiger partial charge in [-0.2, -0.15) is 13.2 Å². The topological polar surface area (TPSA) is 38.0 Å². The summed E-state index contributed by atoms with van der Waals surface area (Å²) in [4.78, 5) is 3.94. The summed E-state index contributed by atoms with van der Waals surface area (Å²) < 4.78 is 52.9. The standard InChI is InChI=1S/C13H12F4N2O/c1-19-5-4-18-12(19)7-11(20)9-6-8(13(15,16)17)2-3-10(9)14/h2-6,11,20H,7H2,1H3. The maximum Gasteiger partial charge on any atom is 0.416 e. The van der Waals surface area contributed by atoms with Crippen LogP contribution in [0.3, 0.4) is 0 Å². The molecule has 2 aromatic rings. The van der Waals surface area contributed by atoms with Crippen molar-refractivity contribution in [1.29, 1.82) is 0 Å². The first kappa shape index (κ1) is 14.5. The molecule has 1 aromatic heterocycles. The summed E-state index contributed by atoms with van der Waals surface area (Å²) >= 11 is 0. The van der Waals surface area contributed by atoms with E-state index in [2.05, 4.69) is 4.98 Å². The fourth-order valence-corrected chi connectivity index (χ4v) is 1.85. The highest BCUT2D eigenvalue weighted by molar-refractivity contribution is 5.29. The highest BCUT2D eigenvalue weighted by Gasteiger charge is 2.32. The third kappa shape index (κ3) is 2.98. The number of benzene rings is 1. The molecule has 0 aliphatic rings. The fourth-order valence-electron chi connectivity index (χ4n) is 1.85. The van der Waals surface area contributed by atoms with Gasteiger partial charge in [-0.05, 0) is 18.2 Å². The minimum Gasteiger partial charge on any atom is -0.388 e. The molecular formula is C13H12F4N2O. The van der Waals surface area contributed by atoms with Crippen LogP contribution in [0.5, 0.6) is 0 Å². The monoisotopic (exact) mass is 288 g/mol. The van der Waals surface area contributed by atoms with Crippen molar-refractivity contribution in [2.75, 3.05) is 0 Å². The van der Waals surface area contributed by atoms with E-state index in [0.29, 0.717) is 24.0 Å². The largest absolute Gasteiger partial charge is 0.416 e. The van der Waals surface area contributed by atoms with Gasteiger partial charge < -0.3 is 9.67 Å². The SMILES string of the molecule is Cn1ccnc1CC(O)c1cc(C(F)(F)F)ccc1F. The number of hydrogen-bond acceptors (Lipinski definition) is 2. The molecule has 0 bridgehead atoms. The predicted octanol–water partition coefficient (Wildman–Crippen LogP) is 2.85. The van der Waals surface area contributed by atoms with Crippen LogP contribution in [0.1, 0.15) is 23.1 Å². The second kappa shape index (κ2) is 5.24. The second-order valence-electron chi connectivity index (χ2n) is 4.41. The van der Waals surface area contributed by atoms with Crippen molar-refractivity contribution in [1.82, 2.24) is 9.55 Å². The number of hydrogen-bond donors (Lipinski definition) is 1. The van der Waals surface area contributed by atoms with E-state index in [1.165, 1.54) is 6.20 Å². The average Bonchev–Trinajstić information content (AvgIpc) is 2.74. The first-order valence-corrected chi connectivity index (χ1v) is 5.80. The van der Waals surface area contributed by atoms with E-state index in [4.69, 9.17) is 0 Å². The Morgan fingerprint density at radius 2 is 2.05 bits per heavy atom. The number of aliphatic hydroxyl groups excluding tert-OH is 1. The Morgan fingerprint density at radius 1 is 1.35 bits per heavy atom. The highest BCUT2D eigenvalue weighted by atomic mass is 19.4. The normalized spacial score (nSPS) is 13.5. The molecule has 2 rings (SSSR count). The Morgan fingerprint density at radius 3 is 2.60 bits per heavy atom. The summed E-state index contributed by atoms with van der Waals surface area (Å²) in [5.74, 6) is -0.422. The van der Waals surface area contributed by atoms with Crippen molar-refractivity contribution in [3.8, 4) is 0 Å². The molecule has 0 saturated carbocycles. The molecule has 0 saturated heterocycles. The summed E-state index contributed by atoms with van der Waals surface area (Å²) in [5, 5.41) is 9.93. The van der Waals surface area contributed by atoms with Crippen LogP contribution in [0.15, 0.2) is 30.6 Å². The maximum absolute atomic E-state index is 13.6. The van der Waals surface area contributed by atoms with Crippen LogP contribution in [0.4, 0.5) is 17.6 Å². The van der Waals surface area contributed by atoms with Gasteiger partial charge in [-0.1, -0.05) is 0 Å². The van der Waals surface area contributed by atoms with Crippen LogP contribution in [0, 0.1) is 5.82 Å². The maximum atomic E-state index is 13.6. The van der Waals surface area contributed by atoms with E-state index in [0.717, 1.165) is 0 Å². The first-order valence-electron chi connectivity index (χ1n) is 5.80. The summed E-state index contributed by atoms with van der Waals surface area (Å²) in [6.07, 6.45) is -2.92. The molecule has 7 heteroatoms. The van der Waals surface area contributed by atoms with Crippen molar-refractivity contribution >= 4 is 0 Å². The van der Waals surface area contributed by atoms with E-state index in [9.17, 15) is 22.7 Å². The number of alkyl halides is 3. The van der Waals surface area contributed by atoms with Gasteiger partial charge >= 0.3 is 6.18 Å². The molecule has 1 N–H and O–H groups in total. The predicted molar refractivity (Wildman–Crippen MR) is 63.3 cm³/mol. The van der Waals surface area contributed by atoms with Crippen molar-refractivity contribution in [3.05, 3.63) is 53.4 Å². The zero-order valence-electron chi connectivity index (χ0n) is 10.5. The van der Waals surface area contributed by atoms with Gasteiger partial charge in [0.25, 0.3) is 0 Å². The molecule has 3 nitrogen and oxygen atoms in total. The zero-order valence-corrected chi connectivity index (χ0v) is 10.5. The van der Waals surface area contributed by atoms with Crippen LogP contribution >= 0.6 is 0 Å². The molecule has 1 unspecified atom stereocenters. The average molecular weight is 288 g/mol. The van der Waals surface area contributed by atoms with E-state index in [1.807, 2.05) is 0 Å². The molecule has 1 atom stereocenters. The Balaban J connectivity index is 2.29. The van der Waals surface area contributed by atoms with Crippen LogP contribution in [0.25, 0.3) is 0 Å². The number of nitrogens with zero attached hydrogens (tertiary/aromatic N) is 2. The van der Waals surface area contributed by atoms with Gasteiger partial charge in [0, 0.05) is 31.4 Å². The lowest BCUT2D eigenvalue weighted by Gasteiger charge is -2.14. The van der Waals surface area contributed by atoms with Crippen LogP contribution in [0.2, 0.25) is 0 Å². The van der Waals surface area contributed by atoms with E-state index in [-0.39, 0.29) is 12.0 Å². The Labute approximate surface area is 112 Å². The van der Waals surface area contributed by atoms with Gasteiger partial charge in [-0.3, -0.25) is 0 Å². The molecule has 1 aromatic carbocycles. The Kier molecular flexibility index (Phi) is 3.80. The molecule has 0 aliphatic carbocycles. The fraction of sp³-hybridized carbons (Fsp3) is 0.308. The van der Waals surface area contributed by atoms with Crippen molar-refractivity contribution < 1.29 is 22.7 Å². The lowest BCUT2D eigenvalue weighted by molar-refractivity contribution is -0.137. The number of aryl methyl sites for hydroxylation is 1. The second-order valence-corrected chi connectivity index (χ2v) is 4.41. The third-order valence-electron chi connectivity index (χ3n) is 2.98. The Bertz CT molecular complexity index is 607. The zero-order chi connectivity index (χ0) is 14.9. The van der Waals surface area contributed by atoms with Crippen LogP contribution < -0.4 is 0 Å². The lowest BCUT2D eigenvalue weighted by atomic mass is 10.0. The number of aliphatic hydroxyl groups is 1. The van der Waals surface area contributed by atoms with Gasteiger partial charge in [0.1, 0.15) is 11.6 Å². The Hall–Kier alpha value is -1.89. The van der Waals surface area contributed by atoms with Crippen LogP contribution in [-0.2, 0) is 19.6 Å². The van der Waals surface area contributed by atoms with Gasteiger partial charge in [0.2, 0.25) is 0 Å². The first-order chi connectivity index (χ1) is 9.29. The number of rotatable bonds is 3. The van der Waals surface area contributed by atoms with Gasteiger partial charge in [-0.25, -0.2) is 9.37 Å². The molecule has 0 spiro atoms. The highest BCUT2D eigenvalue weighted by Crippen LogP contribution is 2.32. The van der Waals surface area contributed by atoms with Crippen molar-refractivity contribution in [2.24, 2.45) is 7.05 Å². The van der Waals surface area contributed by atoms with E-state index < -0.39 is 23.7 Å². The smallest absolute Gasteiger partial charge is 0.388 e. The third-order valence-corrected chi connectivity index (χ3v) is 2.98. The minimum atomic E-state index is -4.58. The van der Waals surface area contributed by atoms with E-state index in [1.54, 1.807) is 17.8 Å². The van der Waals surface area contributed by atoms with Gasteiger partial charge in [0.15, 0.2) is 0 Å². The number of imidazole rings is 1. The molecule has 0 radical (unpaired) electrons. The van der Waals surface area contributed by atoms with Gasteiger partial charge in [0.05, 0.1) is 11.7 Å². The summed E-state index contributed by atoms with van der Waals surface area (Å²) in [5.41, 5.74) is -1.38. The number of halogens is 4. The summed E-state index contributed by atoms with van der Waals surface area (Å²) in [6, 6.07) is 1.98. The van der Waals surface area contributed by atoms with E-state index >= 15 is 0 Å². The lowest BCUT2D eigenvalue weighted by Crippen LogP contribution is -2.11. The minimum absolute atomic E-state index is 0.0677. The summed E-state index contributed by atoms with van der Waals surface area (Å²) in [7, 11) is 1.68. The quantitative estimate of drug-likeness (QED) is 0.882. The van der Waals surface area contributed by atoms with Crippen LogP contribution in [-0.4, -0.2) is 14.7 Å². The van der Waals surface area contributed by atoms with Crippen molar-refractivity contribution in [2.45, 2.75) is 18.7 Å². The van der Waals surface area contributed by atoms with Gasteiger partial charge in [-0.15, -0.1) is 0 Å². The molecule has 0 fully saturated rings. The molecular weight excluding hydrogens is 276 g/mol. The summed E-state index contributed by atoms with van der Waals surface area (Å²) in [6.45, 7) is 0. The molecule has 108 valence electrons. The molecule has 0 amide bonds. The van der Waals surface area contributed by atoms with Crippen molar-refractivity contribution in [3.63, 3.8) is 0 Å². The number of aromatic nitrogens is 2. The molecule has 1 heterocycles.